The number of rotatable bonds is 4. The lowest BCUT2D eigenvalue weighted by Crippen LogP contribution is -2.12. The average Bonchev–Trinajstić information content (AvgIpc) is 3.26. The Morgan fingerprint density at radius 2 is 1.28 bits per heavy atom. The molecule has 0 saturated carbocycles. The molecule has 2 N–H and O–H groups in total. The molecule has 2 aromatic carbocycles. The molecule has 4 aromatic rings. The van der Waals surface area contributed by atoms with Crippen LogP contribution < -0.4 is 0 Å². The highest BCUT2D eigenvalue weighted by Crippen LogP contribution is 2.35. The minimum atomic E-state index is -0.419. The Kier molecular flexibility index (Phi) is 5.41. The normalized spacial score (nSPS) is 13.5. The zero-order valence-corrected chi connectivity index (χ0v) is 17.6. The third kappa shape index (κ3) is 3.43. The van der Waals surface area contributed by atoms with E-state index in [1.165, 1.54) is 0 Å². The Hall–Kier alpha value is -1.51. The van der Waals surface area contributed by atoms with Crippen molar-refractivity contribution in [3.8, 4) is 0 Å². The Labute approximate surface area is 170 Å². The highest BCUT2D eigenvalue weighted by molar-refractivity contribution is 9.10. The third-order valence-electron chi connectivity index (χ3n) is 3.98. The smallest absolute Gasteiger partial charge is 0.168 e. The number of carbonyl (C=O) groups is 1. The molecule has 4 rings (SSSR count). The van der Waals surface area contributed by atoms with Crippen LogP contribution in [0.15, 0.2) is 49.1 Å². The summed E-state index contributed by atoms with van der Waals surface area (Å²) < 4.78 is 0. The number of hydrogen-bond acceptors (Lipinski definition) is 3. The van der Waals surface area contributed by atoms with Crippen molar-refractivity contribution in [1.29, 1.82) is 0 Å². The quantitative estimate of drug-likeness (QED) is 0.359. The predicted octanol–water partition coefficient (Wildman–Crippen LogP) is 5.16. The van der Waals surface area contributed by atoms with Crippen molar-refractivity contribution >= 4 is 76.7 Å². The lowest BCUT2D eigenvalue weighted by Gasteiger charge is -2.14. The van der Waals surface area contributed by atoms with Crippen molar-refractivity contribution in [1.82, 2.24) is 19.9 Å². The maximum absolute atomic E-state index is 12.8. The van der Waals surface area contributed by atoms with Crippen LogP contribution in [-0.2, 0) is 4.79 Å². The molecule has 8 heteroatoms. The Bertz CT molecular complexity index is 960. The number of alkyl halides is 2. The molecule has 0 aliphatic rings. The number of hydrogen-bond donors (Lipinski definition) is 2. The lowest BCUT2D eigenvalue weighted by atomic mass is 10.0. The summed E-state index contributed by atoms with van der Waals surface area (Å²) in [6.07, 6.45) is 3.29. The van der Waals surface area contributed by atoms with E-state index < -0.39 is 9.65 Å². The van der Waals surface area contributed by atoms with E-state index in [0.29, 0.717) is 0 Å². The van der Waals surface area contributed by atoms with Gasteiger partial charge in [0.25, 0.3) is 0 Å². The average molecular weight is 529 g/mol. The number of benzene rings is 2. The fourth-order valence-electron chi connectivity index (χ4n) is 2.67. The van der Waals surface area contributed by atoms with Crippen LogP contribution in [-0.4, -0.2) is 25.7 Å². The number of aromatic amines is 2. The van der Waals surface area contributed by atoms with Gasteiger partial charge in [-0.25, -0.2) is 9.97 Å². The molecule has 2 atom stereocenters. The van der Waals surface area contributed by atoms with Crippen LogP contribution in [0.2, 0.25) is 0 Å². The molecule has 0 spiro atoms. The first-order valence-electron chi connectivity index (χ1n) is 7.31. The highest BCUT2D eigenvalue weighted by Gasteiger charge is 2.26. The van der Waals surface area contributed by atoms with Crippen molar-refractivity contribution in [3.05, 3.63) is 60.2 Å². The number of H-pyrrole nitrogens is 2. The second kappa shape index (κ2) is 7.39. The summed E-state index contributed by atoms with van der Waals surface area (Å²) >= 11 is 7.05. The monoisotopic (exact) mass is 526 g/mol. The van der Waals surface area contributed by atoms with E-state index in [1.54, 1.807) is 12.7 Å². The Morgan fingerprint density at radius 3 is 1.72 bits per heavy atom. The molecule has 2 unspecified atom stereocenters. The van der Waals surface area contributed by atoms with Gasteiger partial charge in [-0.1, -0.05) is 44.0 Å². The van der Waals surface area contributed by atoms with Gasteiger partial charge >= 0.3 is 0 Å². The van der Waals surface area contributed by atoms with Crippen LogP contribution in [0.5, 0.6) is 0 Å². The topological polar surface area (TPSA) is 74.4 Å². The van der Waals surface area contributed by atoms with Crippen LogP contribution in [0.25, 0.3) is 22.1 Å². The van der Waals surface area contributed by atoms with E-state index in [9.17, 15) is 4.79 Å². The number of nitrogens with zero attached hydrogens (tertiary/aromatic N) is 2. The van der Waals surface area contributed by atoms with Gasteiger partial charge in [0, 0.05) is 0 Å². The number of imidazole rings is 2. The van der Waals surface area contributed by atoms with E-state index in [4.69, 9.17) is 0 Å². The number of aromatic nitrogens is 4. The van der Waals surface area contributed by atoms with Gasteiger partial charge in [-0.05, 0) is 35.4 Å². The molecular formula is C17H13Br3N4O. The van der Waals surface area contributed by atoms with Crippen LogP contribution in [0, 0.1) is 0 Å². The SMILES string of the molecule is Br.O=C(C(Br)c1ccc2[nH]cnc2c1)C(Br)c1ccc2[nH]cnc2c1. The van der Waals surface area contributed by atoms with Gasteiger partial charge in [-0.2, -0.15) is 0 Å². The zero-order valence-electron chi connectivity index (χ0n) is 12.7. The fourth-order valence-corrected chi connectivity index (χ4v) is 4.12. The highest BCUT2D eigenvalue weighted by atomic mass is 79.9. The second-order valence-corrected chi connectivity index (χ2v) is 7.32. The molecule has 0 aliphatic carbocycles. The van der Waals surface area contributed by atoms with Gasteiger partial charge in [0.2, 0.25) is 0 Å². The van der Waals surface area contributed by atoms with Crippen molar-refractivity contribution < 1.29 is 4.79 Å². The molecule has 2 aromatic heterocycles. The molecule has 0 bridgehead atoms. The first-order chi connectivity index (χ1) is 11.6. The summed E-state index contributed by atoms with van der Waals surface area (Å²) in [7, 11) is 0. The van der Waals surface area contributed by atoms with Gasteiger partial charge < -0.3 is 9.97 Å². The van der Waals surface area contributed by atoms with E-state index >= 15 is 0 Å². The molecule has 0 aliphatic heterocycles. The Balaban J connectivity index is 0.00000182. The fraction of sp³-hybridized carbons (Fsp3) is 0.118. The first kappa shape index (κ1) is 18.3. The van der Waals surface area contributed by atoms with Crippen molar-refractivity contribution in [3.63, 3.8) is 0 Å². The predicted molar refractivity (Wildman–Crippen MR) is 111 cm³/mol. The minimum absolute atomic E-state index is 0. The molecule has 5 nitrogen and oxygen atoms in total. The maximum atomic E-state index is 12.8. The lowest BCUT2D eigenvalue weighted by molar-refractivity contribution is -0.118. The molecule has 128 valence electrons. The largest absolute Gasteiger partial charge is 0.345 e. The minimum Gasteiger partial charge on any atom is -0.345 e. The second-order valence-electron chi connectivity index (χ2n) is 5.49. The molecule has 0 amide bonds. The van der Waals surface area contributed by atoms with Crippen LogP contribution >= 0.6 is 48.8 Å². The van der Waals surface area contributed by atoms with E-state index in [1.807, 2.05) is 36.4 Å². The van der Waals surface area contributed by atoms with Gasteiger partial charge in [-0.15, -0.1) is 17.0 Å². The molecule has 0 radical (unpaired) electrons. The summed E-state index contributed by atoms with van der Waals surface area (Å²) in [4.78, 5) is 26.6. The first-order valence-corrected chi connectivity index (χ1v) is 9.14. The van der Waals surface area contributed by atoms with Crippen molar-refractivity contribution in [2.75, 3.05) is 0 Å². The number of fused-ring (bicyclic) bond motifs is 2. The molecule has 0 saturated heterocycles. The molecule has 2 heterocycles. The zero-order chi connectivity index (χ0) is 16.7. The third-order valence-corrected chi connectivity index (χ3v) is 5.94. The maximum Gasteiger partial charge on any atom is 0.168 e. The molecule has 0 fully saturated rings. The molecule has 25 heavy (non-hydrogen) atoms. The number of halogens is 3. The number of Topliss-reactive ketones (excluding diaryl/α,β-unsaturated/α-hetero) is 1. The number of ketones is 1. The summed E-state index contributed by atoms with van der Waals surface area (Å²) in [5.74, 6) is 0.0276. The van der Waals surface area contributed by atoms with E-state index in [-0.39, 0.29) is 22.8 Å². The number of nitrogens with one attached hydrogen (secondary N) is 2. The van der Waals surface area contributed by atoms with E-state index in [0.717, 1.165) is 33.2 Å². The summed E-state index contributed by atoms with van der Waals surface area (Å²) in [5, 5.41) is 0. The van der Waals surface area contributed by atoms with Crippen LogP contribution in [0.4, 0.5) is 0 Å². The standard InChI is InChI=1S/C17H12Br2N4O.BrH/c18-15(9-1-3-11-13(5-9)22-7-20-11)17(24)16(19)10-2-4-12-14(6-10)23-8-21-12;/h1-8,15-16H,(H,20,22)(H,21,23);1H. The van der Waals surface area contributed by atoms with Crippen LogP contribution in [0.3, 0.4) is 0 Å². The van der Waals surface area contributed by atoms with Crippen molar-refractivity contribution in [2.24, 2.45) is 0 Å². The van der Waals surface area contributed by atoms with Gasteiger partial charge in [0.1, 0.15) is 0 Å². The molecular weight excluding hydrogens is 516 g/mol. The van der Waals surface area contributed by atoms with Gasteiger partial charge in [-0.3, -0.25) is 4.79 Å². The Morgan fingerprint density at radius 1 is 0.840 bits per heavy atom. The summed E-state index contributed by atoms with van der Waals surface area (Å²) in [6.45, 7) is 0. The van der Waals surface area contributed by atoms with Crippen molar-refractivity contribution in [2.45, 2.75) is 9.65 Å². The van der Waals surface area contributed by atoms with Gasteiger partial charge in [0.15, 0.2) is 5.78 Å². The summed E-state index contributed by atoms with van der Waals surface area (Å²) in [5.41, 5.74) is 5.34. The van der Waals surface area contributed by atoms with E-state index in [2.05, 4.69) is 51.8 Å². The summed E-state index contributed by atoms with van der Waals surface area (Å²) in [6, 6.07) is 11.5. The number of carbonyl (C=O) groups excluding carboxylic acids is 1. The van der Waals surface area contributed by atoms with Gasteiger partial charge in [0.05, 0.1) is 44.4 Å². The van der Waals surface area contributed by atoms with Crippen LogP contribution in [0.1, 0.15) is 20.8 Å².